The van der Waals surface area contributed by atoms with Crippen LogP contribution in [-0.2, 0) is 9.59 Å². The highest BCUT2D eigenvalue weighted by atomic mass is 16.3. The van der Waals surface area contributed by atoms with Gasteiger partial charge in [-0.05, 0) is 63.2 Å². The molecule has 0 heterocycles. The molecule has 6 heteroatoms. The van der Waals surface area contributed by atoms with Crippen molar-refractivity contribution in [3.05, 3.63) is 0 Å². The zero-order valence-electron chi connectivity index (χ0n) is 21.4. The quantitative estimate of drug-likeness (QED) is 0.419. The van der Waals surface area contributed by atoms with Crippen LogP contribution in [0.4, 0.5) is 0 Å². The van der Waals surface area contributed by atoms with Crippen molar-refractivity contribution in [1.82, 2.24) is 4.90 Å². The molecule has 0 aromatic rings. The highest BCUT2D eigenvalue weighted by Gasteiger charge is 2.57. The molecule has 4 N–H and O–H groups in total. The Labute approximate surface area is 200 Å². The predicted octanol–water partition coefficient (Wildman–Crippen LogP) is 4.30. The fourth-order valence-corrected chi connectivity index (χ4v) is 7.01. The number of amides is 2. The third-order valence-corrected chi connectivity index (χ3v) is 8.81. The second-order valence-electron chi connectivity index (χ2n) is 12.3. The second-order valence-corrected chi connectivity index (χ2v) is 12.3. The first kappa shape index (κ1) is 26.5. The van der Waals surface area contributed by atoms with E-state index in [-0.39, 0.29) is 17.7 Å². The number of nitrogens with zero attached hydrogens (tertiary/aromatic N) is 1. The number of nitrogens with two attached hydrogens (primary N) is 1. The summed E-state index contributed by atoms with van der Waals surface area (Å²) in [6, 6.07) is -0.838. The van der Waals surface area contributed by atoms with Crippen molar-refractivity contribution in [2.45, 2.75) is 141 Å². The van der Waals surface area contributed by atoms with Gasteiger partial charge in [-0.3, -0.25) is 9.59 Å². The topological polar surface area (TPSA) is 104 Å². The maximum atomic E-state index is 14.6. The van der Waals surface area contributed by atoms with E-state index in [0.717, 1.165) is 38.5 Å². The molecule has 0 aromatic carbocycles. The van der Waals surface area contributed by atoms with Crippen LogP contribution in [-0.4, -0.2) is 50.2 Å². The molecule has 2 unspecified atom stereocenters. The standard InChI is InChI=1S/C27H48N2O4/c1-19(2)17-21(26(32)13-7-8-14-26)29(24(31)25(23(28)30)11-5-6-12-25)22(18-20(3)4)27(33)15-9-10-16-27/h19-22,32-33H,5-18H2,1-4H3,(H2,28,30). The molecule has 3 saturated carbocycles. The van der Waals surface area contributed by atoms with Gasteiger partial charge in [-0.1, -0.05) is 66.2 Å². The molecule has 0 spiro atoms. The monoisotopic (exact) mass is 464 g/mol. The summed E-state index contributed by atoms with van der Waals surface area (Å²) in [5, 5.41) is 23.8. The van der Waals surface area contributed by atoms with E-state index in [4.69, 9.17) is 5.73 Å². The molecule has 3 rings (SSSR count). The summed E-state index contributed by atoms with van der Waals surface area (Å²) in [6.45, 7) is 8.48. The molecule has 0 aliphatic heterocycles. The van der Waals surface area contributed by atoms with Gasteiger partial charge in [0.2, 0.25) is 11.8 Å². The van der Waals surface area contributed by atoms with Gasteiger partial charge in [0.15, 0.2) is 0 Å². The maximum Gasteiger partial charge on any atom is 0.238 e. The normalized spacial score (nSPS) is 25.5. The zero-order chi connectivity index (χ0) is 24.4. The predicted molar refractivity (Wildman–Crippen MR) is 130 cm³/mol. The van der Waals surface area contributed by atoms with Crippen molar-refractivity contribution in [3.63, 3.8) is 0 Å². The molecular formula is C27H48N2O4. The minimum atomic E-state index is -1.21. The van der Waals surface area contributed by atoms with E-state index in [2.05, 4.69) is 27.7 Å². The van der Waals surface area contributed by atoms with Gasteiger partial charge in [0, 0.05) is 0 Å². The summed E-state index contributed by atoms with van der Waals surface area (Å²) >= 11 is 0. The molecule has 0 aromatic heterocycles. The van der Waals surface area contributed by atoms with Crippen LogP contribution in [0.15, 0.2) is 0 Å². The van der Waals surface area contributed by atoms with Gasteiger partial charge >= 0.3 is 0 Å². The van der Waals surface area contributed by atoms with Crippen LogP contribution in [0.2, 0.25) is 0 Å². The Hall–Kier alpha value is -1.14. The molecule has 2 atom stereocenters. The van der Waals surface area contributed by atoms with Gasteiger partial charge < -0.3 is 20.8 Å². The summed E-state index contributed by atoms with van der Waals surface area (Å²) < 4.78 is 0. The lowest BCUT2D eigenvalue weighted by atomic mass is 9.75. The third-order valence-electron chi connectivity index (χ3n) is 8.81. The number of rotatable bonds is 10. The van der Waals surface area contributed by atoms with Gasteiger partial charge in [-0.2, -0.15) is 0 Å². The fraction of sp³-hybridized carbons (Fsp3) is 0.926. The van der Waals surface area contributed by atoms with Gasteiger partial charge in [0.05, 0.1) is 23.3 Å². The number of primary amides is 1. The van der Waals surface area contributed by atoms with Gasteiger partial charge in [-0.25, -0.2) is 0 Å². The van der Waals surface area contributed by atoms with E-state index in [0.29, 0.717) is 51.4 Å². The molecule has 3 aliphatic carbocycles. The first-order valence-corrected chi connectivity index (χ1v) is 13.5. The molecule has 3 aliphatic rings. The Bertz CT molecular complexity index is 650. The molecule has 2 amide bonds. The second kappa shape index (κ2) is 10.2. The number of carbonyl (C=O) groups excluding carboxylic acids is 2. The van der Waals surface area contributed by atoms with Crippen LogP contribution in [0.3, 0.4) is 0 Å². The van der Waals surface area contributed by atoms with Crippen molar-refractivity contribution in [2.75, 3.05) is 0 Å². The highest BCUT2D eigenvalue weighted by molar-refractivity contribution is 6.05. The number of hydrogen-bond donors (Lipinski definition) is 3. The molecule has 6 nitrogen and oxygen atoms in total. The van der Waals surface area contributed by atoms with E-state index in [1.165, 1.54) is 0 Å². The average Bonchev–Trinajstić information content (AvgIpc) is 3.48. The third kappa shape index (κ3) is 5.27. The largest absolute Gasteiger partial charge is 0.388 e. The lowest BCUT2D eigenvalue weighted by Gasteiger charge is -2.52. The molecule has 3 fully saturated rings. The van der Waals surface area contributed by atoms with E-state index in [1.54, 1.807) is 0 Å². The van der Waals surface area contributed by atoms with Gasteiger partial charge in [-0.15, -0.1) is 0 Å². The first-order chi connectivity index (χ1) is 15.5. The summed E-state index contributed by atoms with van der Waals surface area (Å²) in [4.78, 5) is 29.2. The Balaban J connectivity index is 2.16. The van der Waals surface area contributed by atoms with Crippen molar-refractivity contribution >= 4 is 11.8 Å². The van der Waals surface area contributed by atoms with Crippen LogP contribution in [0, 0.1) is 17.3 Å². The summed E-state index contributed by atoms with van der Waals surface area (Å²) in [7, 11) is 0. The van der Waals surface area contributed by atoms with Gasteiger partial charge in [0.25, 0.3) is 0 Å². The van der Waals surface area contributed by atoms with Crippen molar-refractivity contribution < 1.29 is 19.8 Å². The molecule has 0 saturated heterocycles. The molecular weight excluding hydrogens is 416 g/mol. The molecule has 0 bridgehead atoms. The van der Waals surface area contributed by atoms with Crippen LogP contribution >= 0.6 is 0 Å². The maximum absolute atomic E-state index is 14.6. The lowest BCUT2D eigenvalue weighted by molar-refractivity contribution is -0.172. The number of hydrogen-bond acceptors (Lipinski definition) is 4. The SMILES string of the molecule is CC(C)CC(N(C(=O)C1(C(N)=O)CCCC1)C(CC(C)C)C1(O)CCCC1)C1(O)CCCC1. The Morgan fingerprint density at radius 1 is 0.727 bits per heavy atom. The Kier molecular flexibility index (Phi) is 8.20. The highest BCUT2D eigenvalue weighted by Crippen LogP contribution is 2.47. The van der Waals surface area contributed by atoms with E-state index < -0.39 is 34.6 Å². The Morgan fingerprint density at radius 3 is 1.36 bits per heavy atom. The average molecular weight is 465 g/mol. The minimum Gasteiger partial charge on any atom is -0.388 e. The van der Waals surface area contributed by atoms with E-state index in [1.807, 2.05) is 4.90 Å². The van der Waals surface area contributed by atoms with Crippen LogP contribution in [0.1, 0.15) is 118 Å². The van der Waals surface area contributed by atoms with Gasteiger partial charge in [0.1, 0.15) is 5.41 Å². The smallest absolute Gasteiger partial charge is 0.238 e. The summed E-state index contributed by atoms with van der Waals surface area (Å²) in [6.07, 6.45) is 10.2. The van der Waals surface area contributed by atoms with E-state index in [9.17, 15) is 19.8 Å². The van der Waals surface area contributed by atoms with Crippen molar-refractivity contribution in [3.8, 4) is 0 Å². The van der Waals surface area contributed by atoms with Crippen LogP contribution in [0.5, 0.6) is 0 Å². The van der Waals surface area contributed by atoms with Crippen molar-refractivity contribution in [1.29, 1.82) is 0 Å². The zero-order valence-corrected chi connectivity index (χ0v) is 21.4. The molecule has 0 radical (unpaired) electrons. The van der Waals surface area contributed by atoms with Crippen molar-refractivity contribution in [2.24, 2.45) is 23.0 Å². The summed E-state index contributed by atoms with van der Waals surface area (Å²) in [5.74, 6) is -0.246. The first-order valence-electron chi connectivity index (χ1n) is 13.5. The lowest BCUT2D eigenvalue weighted by Crippen LogP contribution is -2.66. The van der Waals surface area contributed by atoms with Crippen LogP contribution in [0.25, 0.3) is 0 Å². The molecule has 33 heavy (non-hydrogen) atoms. The summed E-state index contributed by atoms with van der Waals surface area (Å²) in [5.41, 5.74) is 2.75. The van der Waals surface area contributed by atoms with E-state index >= 15 is 0 Å². The number of aliphatic hydroxyl groups is 2. The fourth-order valence-electron chi connectivity index (χ4n) is 7.01. The minimum absolute atomic E-state index is 0.232. The molecule has 190 valence electrons. The Morgan fingerprint density at radius 2 is 1.06 bits per heavy atom. The number of carbonyl (C=O) groups is 2. The van der Waals surface area contributed by atoms with Crippen LogP contribution < -0.4 is 5.73 Å².